The molecule has 13 heavy (non-hydrogen) atoms. The fraction of sp³-hybridized carbons (Fsp3) is 1.00. The van der Waals surface area contributed by atoms with Gasteiger partial charge in [-0.05, 0) is 52.0 Å². The number of nitrogens with one attached hydrogen (secondary N) is 1. The summed E-state index contributed by atoms with van der Waals surface area (Å²) in [5, 5.41) is 3.56. The average Bonchev–Trinajstić information content (AvgIpc) is 1.96. The SMILES string of the molecule is COCC1CCC1CNC(C)(C)C. The second-order valence-corrected chi connectivity index (χ2v) is 5.18. The third-order valence-corrected chi connectivity index (χ3v) is 2.85. The molecular weight excluding hydrogens is 162 g/mol. The van der Waals surface area contributed by atoms with Crippen molar-refractivity contribution >= 4 is 0 Å². The summed E-state index contributed by atoms with van der Waals surface area (Å²) in [6.45, 7) is 8.75. The van der Waals surface area contributed by atoms with Crippen molar-refractivity contribution in [3.8, 4) is 0 Å². The van der Waals surface area contributed by atoms with E-state index in [0.717, 1.165) is 25.0 Å². The maximum atomic E-state index is 5.18. The molecule has 0 bridgehead atoms. The minimum atomic E-state index is 0.257. The van der Waals surface area contributed by atoms with Gasteiger partial charge in [0.1, 0.15) is 0 Å². The van der Waals surface area contributed by atoms with Crippen LogP contribution in [0.2, 0.25) is 0 Å². The molecule has 2 unspecified atom stereocenters. The van der Waals surface area contributed by atoms with Gasteiger partial charge in [-0.2, -0.15) is 0 Å². The molecule has 2 atom stereocenters. The summed E-state index contributed by atoms with van der Waals surface area (Å²) in [5.74, 6) is 1.65. The van der Waals surface area contributed by atoms with Gasteiger partial charge in [-0.3, -0.25) is 0 Å². The van der Waals surface area contributed by atoms with Crippen LogP contribution in [-0.2, 0) is 4.74 Å². The van der Waals surface area contributed by atoms with Gasteiger partial charge in [-0.25, -0.2) is 0 Å². The first-order valence-electron chi connectivity index (χ1n) is 5.27. The standard InChI is InChI=1S/C11H23NO/c1-11(2,3)12-7-9-5-6-10(9)8-13-4/h9-10,12H,5-8H2,1-4H3. The summed E-state index contributed by atoms with van der Waals surface area (Å²) < 4.78 is 5.18. The second-order valence-electron chi connectivity index (χ2n) is 5.18. The van der Waals surface area contributed by atoms with E-state index in [9.17, 15) is 0 Å². The van der Waals surface area contributed by atoms with E-state index < -0.39 is 0 Å². The van der Waals surface area contributed by atoms with Crippen LogP contribution in [0.5, 0.6) is 0 Å². The lowest BCUT2D eigenvalue weighted by atomic mass is 9.74. The van der Waals surface area contributed by atoms with E-state index in [1.165, 1.54) is 12.8 Å². The lowest BCUT2D eigenvalue weighted by molar-refractivity contribution is 0.0565. The zero-order chi connectivity index (χ0) is 9.90. The predicted molar refractivity (Wildman–Crippen MR) is 55.8 cm³/mol. The van der Waals surface area contributed by atoms with E-state index in [-0.39, 0.29) is 5.54 Å². The van der Waals surface area contributed by atoms with Crippen LogP contribution in [-0.4, -0.2) is 25.8 Å². The van der Waals surface area contributed by atoms with Crippen molar-refractivity contribution in [3.05, 3.63) is 0 Å². The molecule has 0 saturated heterocycles. The third-order valence-electron chi connectivity index (χ3n) is 2.85. The number of methoxy groups -OCH3 is 1. The van der Waals surface area contributed by atoms with E-state index in [2.05, 4.69) is 26.1 Å². The molecule has 1 aliphatic carbocycles. The van der Waals surface area contributed by atoms with E-state index in [4.69, 9.17) is 4.74 Å². The first-order valence-corrected chi connectivity index (χ1v) is 5.27. The highest BCUT2D eigenvalue weighted by Crippen LogP contribution is 2.33. The number of hydrogen-bond donors (Lipinski definition) is 1. The molecule has 0 heterocycles. The Morgan fingerprint density at radius 3 is 2.23 bits per heavy atom. The molecule has 0 aromatic heterocycles. The van der Waals surface area contributed by atoms with Crippen molar-refractivity contribution in [3.63, 3.8) is 0 Å². The van der Waals surface area contributed by atoms with Crippen molar-refractivity contribution in [1.82, 2.24) is 5.32 Å². The Morgan fingerprint density at radius 2 is 1.85 bits per heavy atom. The van der Waals surface area contributed by atoms with Gasteiger partial charge in [0, 0.05) is 19.3 Å². The highest BCUT2D eigenvalue weighted by atomic mass is 16.5. The van der Waals surface area contributed by atoms with Gasteiger partial charge in [0.15, 0.2) is 0 Å². The maximum absolute atomic E-state index is 5.18. The van der Waals surface area contributed by atoms with Gasteiger partial charge >= 0.3 is 0 Å². The summed E-state index contributed by atoms with van der Waals surface area (Å²) >= 11 is 0. The van der Waals surface area contributed by atoms with Crippen LogP contribution >= 0.6 is 0 Å². The van der Waals surface area contributed by atoms with Gasteiger partial charge in [-0.15, -0.1) is 0 Å². The zero-order valence-electron chi connectivity index (χ0n) is 9.39. The van der Waals surface area contributed by atoms with Crippen LogP contribution in [0.3, 0.4) is 0 Å². The summed E-state index contributed by atoms with van der Waals surface area (Å²) in [5.41, 5.74) is 0.257. The molecule has 0 aliphatic heterocycles. The molecule has 2 nitrogen and oxygen atoms in total. The van der Waals surface area contributed by atoms with Crippen molar-refractivity contribution in [2.45, 2.75) is 39.2 Å². The summed E-state index contributed by atoms with van der Waals surface area (Å²) in [7, 11) is 1.80. The van der Waals surface area contributed by atoms with Crippen molar-refractivity contribution in [1.29, 1.82) is 0 Å². The Balaban J connectivity index is 2.15. The fourth-order valence-electron chi connectivity index (χ4n) is 1.78. The molecule has 0 aromatic rings. The van der Waals surface area contributed by atoms with Gasteiger partial charge in [0.2, 0.25) is 0 Å². The van der Waals surface area contributed by atoms with Gasteiger partial charge in [0.05, 0.1) is 0 Å². The smallest absolute Gasteiger partial charge is 0.0493 e. The quantitative estimate of drug-likeness (QED) is 0.723. The topological polar surface area (TPSA) is 21.3 Å². The molecule has 1 fully saturated rings. The van der Waals surface area contributed by atoms with Crippen LogP contribution in [0.25, 0.3) is 0 Å². The van der Waals surface area contributed by atoms with Gasteiger partial charge in [0.25, 0.3) is 0 Å². The van der Waals surface area contributed by atoms with Crippen molar-refractivity contribution < 1.29 is 4.74 Å². The van der Waals surface area contributed by atoms with Crippen LogP contribution in [0.4, 0.5) is 0 Å². The molecule has 0 radical (unpaired) electrons. The van der Waals surface area contributed by atoms with Crippen LogP contribution in [0.1, 0.15) is 33.6 Å². The third kappa shape index (κ3) is 3.65. The molecule has 0 aromatic carbocycles. The molecular formula is C11H23NO. The molecule has 0 spiro atoms. The normalized spacial score (nSPS) is 28.6. The average molecular weight is 185 g/mol. The Hall–Kier alpha value is -0.0800. The number of rotatable bonds is 4. The van der Waals surface area contributed by atoms with E-state index in [1.54, 1.807) is 7.11 Å². The Morgan fingerprint density at radius 1 is 1.23 bits per heavy atom. The molecule has 78 valence electrons. The monoisotopic (exact) mass is 185 g/mol. The van der Waals surface area contributed by atoms with Crippen molar-refractivity contribution in [2.24, 2.45) is 11.8 Å². The van der Waals surface area contributed by atoms with Crippen LogP contribution in [0.15, 0.2) is 0 Å². The lowest BCUT2D eigenvalue weighted by Crippen LogP contribution is -2.44. The number of ether oxygens (including phenoxy) is 1. The zero-order valence-corrected chi connectivity index (χ0v) is 9.39. The largest absolute Gasteiger partial charge is 0.384 e. The maximum Gasteiger partial charge on any atom is 0.0493 e. The minimum absolute atomic E-state index is 0.257. The summed E-state index contributed by atoms with van der Waals surface area (Å²) in [6, 6.07) is 0. The fourth-order valence-corrected chi connectivity index (χ4v) is 1.78. The van der Waals surface area contributed by atoms with Crippen LogP contribution in [0, 0.1) is 11.8 Å². The second kappa shape index (κ2) is 4.43. The molecule has 1 saturated carbocycles. The number of hydrogen-bond acceptors (Lipinski definition) is 2. The minimum Gasteiger partial charge on any atom is -0.384 e. The predicted octanol–water partition coefficient (Wildman–Crippen LogP) is 2.05. The highest BCUT2D eigenvalue weighted by molar-refractivity contribution is 4.84. The molecule has 0 amide bonds. The summed E-state index contributed by atoms with van der Waals surface area (Å²) in [4.78, 5) is 0. The van der Waals surface area contributed by atoms with E-state index >= 15 is 0 Å². The first kappa shape index (κ1) is 11.0. The Kier molecular flexibility index (Phi) is 3.74. The Bertz CT molecular complexity index is 151. The highest BCUT2D eigenvalue weighted by Gasteiger charge is 2.30. The van der Waals surface area contributed by atoms with Crippen LogP contribution < -0.4 is 5.32 Å². The molecule has 2 heteroatoms. The van der Waals surface area contributed by atoms with Gasteiger partial charge in [-0.1, -0.05) is 0 Å². The van der Waals surface area contributed by atoms with E-state index in [0.29, 0.717) is 0 Å². The Labute approximate surface area is 82.0 Å². The first-order chi connectivity index (χ1) is 6.03. The van der Waals surface area contributed by atoms with E-state index in [1.807, 2.05) is 0 Å². The summed E-state index contributed by atoms with van der Waals surface area (Å²) in [6.07, 6.45) is 2.72. The molecule has 1 rings (SSSR count). The van der Waals surface area contributed by atoms with Crippen molar-refractivity contribution in [2.75, 3.05) is 20.3 Å². The van der Waals surface area contributed by atoms with Gasteiger partial charge < -0.3 is 10.1 Å². The molecule has 1 N–H and O–H groups in total. The molecule has 1 aliphatic rings. The lowest BCUT2D eigenvalue weighted by Gasteiger charge is -2.38.